The van der Waals surface area contributed by atoms with E-state index >= 15 is 0 Å². The zero-order valence-corrected chi connectivity index (χ0v) is 10.2. The molecule has 0 bridgehead atoms. The first-order valence-electron chi connectivity index (χ1n) is 5.87. The van der Waals surface area contributed by atoms with Crippen molar-refractivity contribution in [3.05, 3.63) is 27.9 Å². The molecule has 0 saturated carbocycles. The first-order valence-corrected chi connectivity index (χ1v) is 5.87. The molecule has 3 N–H and O–H groups in total. The minimum Gasteiger partial charge on any atom is -0.383 e. The van der Waals surface area contributed by atoms with Crippen molar-refractivity contribution < 1.29 is 14.5 Å². The Balaban J connectivity index is 2.04. The summed E-state index contributed by atoms with van der Waals surface area (Å²) in [4.78, 5) is 25.5. The summed E-state index contributed by atoms with van der Waals surface area (Å²) in [5.74, 6) is -0.514. The highest BCUT2D eigenvalue weighted by atomic mass is 16.6. The molecular weight excluding hydrogens is 252 g/mol. The number of aromatic nitrogens is 1. The molecule has 1 aliphatic heterocycles. The molecule has 0 aliphatic carbocycles. The average Bonchev–Trinajstić information content (AvgIpc) is 2.89. The van der Waals surface area contributed by atoms with Crippen molar-refractivity contribution in [3.63, 3.8) is 0 Å². The highest BCUT2D eigenvalue weighted by Gasteiger charge is 2.19. The van der Waals surface area contributed by atoms with Gasteiger partial charge in [0.05, 0.1) is 16.6 Å². The summed E-state index contributed by atoms with van der Waals surface area (Å²) in [5, 5.41) is 13.3. The standard InChI is InChI=1S/C11H14N4O4/c12-10-9(4-7(5-13-10)15(17)18)11(16)14-6-8-2-1-3-19-8/h4-5,8H,1-3,6H2,(H2,12,13)(H,14,16). The number of amides is 1. The van der Waals surface area contributed by atoms with E-state index in [1.165, 1.54) is 0 Å². The lowest BCUT2D eigenvalue weighted by Crippen LogP contribution is -2.32. The summed E-state index contributed by atoms with van der Waals surface area (Å²) in [6.45, 7) is 1.06. The van der Waals surface area contributed by atoms with Gasteiger partial charge < -0.3 is 15.8 Å². The predicted molar refractivity (Wildman–Crippen MR) is 66.6 cm³/mol. The topological polar surface area (TPSA) is 120 Å². The van der Waals surface area contributed by atoms with Crippen molar-refractivity contribution in [1.82, 2.24) is 10.3 Å². The van der Waals surface area contributed by atoms with Gasteiger partial charge in [-0.1, -0.05) is 0 Å². The maximum Gasteiger partial charge on any atom is 0.288 e. The predicted octanol–water partition coefficient (Wildman–Crippen LogP) is 0.481. The van der Waals surface area contributed by atoms with Crippen LogP contribution in [0.1, 0.15) is 23.2 Å². The van der Waals surface area contributed by atoms with Crippen LogP contribution in [0.25, 0.3) is 0 Å². The third kappa shape index (κ3) is 3.16. The van der Waals surface area contributed by atoms with E-state index in [0.717, 1.165) is 25.1 Å². The Bertz CT molecular complexity index is 499. The largest absolute Gasteiger partial charge is 0.383 e. The number of carbonyl (C=O) groups excluding carboxylic acids is 1. The molecule has 19 heavy (non-hydrogen) atoms. The highest BCUT2D eigenvalue weighted by molar-refractivity contribution is 5.98. The molecule has 8 heteroatoms. The van der Waals surface area contributed by atoms with Gasteiger partial charge in [-0.25, -0.2) is 4.98 Å². The highest BCUT2D eigenvalue weighted by Crippen LogP contribution is 2.17. The molecule has 2 rings (SSSR count). The summed E-state index contributed by atoms with van der Waals surface area (Å²) in [6.07, 6.45) is 2.88. The maximum absolute atomic E-state index is 11.9. The monoisotopic (exact) mass is 266 g/mol. The van der Waals surface area contributed by atoms with Crippen LogP contribution in [0.4, 0.5) is 11.5 Å². The molecule has 0 radical (unpaired) electrons. The second-order valence-corrected chi connectivity index (χ2v) is 4.23. The quantitative estimate of drug-likeness (QED) is 0.604. The second-order valence-electron chi connectivity index (χ2n) is 4.23. The maximum atomic E-state index is 11.9. The minimum atomic E-state index is -0.622. The first-order chi connectivity index (χ1) is 9.08. The molecule has 1 saturated heterocycles. The van der Waals surface area contributed by atoms with Gasteiger partial charge in [0.1, 0.15) is 12.0 Å². The van der Waals surface area contributed by atoms with Gasteiger partial charge in [-0.2, -0.15) is 0 Å². The first kappa shape index (κ1) is 13.2. The van der Waals surface area contributed by atoms with Crippen LogP contribution in [0.15, 0.2) is 12.3 Å². The molecule has 1 atom stereocenters. The lowest BCUT2D eigenvalue weighted by molar-refractivity contribution is -0.385. The van der Waals surface area contributed by atoms with E-state index in [9.17, 15) is 14.9 Å². The number of anilines is 1. The van der Waals surface area contributed by atoms with E-state index < -0.39 is 10.8 Å². The molecule has 1 amide bonds. The van der Waals surface area contributed by atoms with Crippen molar-refractivity contribution in [2.24, 2.45) is 0 Å². The molecule has 1 aromatic heterocycles. The van der Waals surface area contributed by atoms with Gasteiger partial charge in [0.15, 0.2) is 0 Å². The van der Waals surface area contributed by atoms with E-state index in [4.69, 9.17) is 10.5 Å². The van der Waals surface area contributed by atoms with Crippen molar-refractivity contribution >= 4 is 17.4 Å². The number of nitrogens with zero attached hydrogens (tertiary/aromatic N) is 2. The number of hydrogen-bond donors (Lipinski definition) is 2. The molecular formula is C11H14N4O4. The molecule has 102 valence electrons. The zero-order valence-electron chi connectivity index (χ0n) is 10.2. The van der Waals surface area contributed by atoms with Crippen molar-refractivity contribution in [3.8, 4) is 0 Å². The van der Waals surface area contributed by atoms with Gasteiger partial charge >= 0.3 is 0 Å². The van der Waals surface area contributed by atoms with E-state index in [2.05, 4.69) is 10.3 Å². The second kappa shape index (κ2) is 5.61. The Morgan fingerprint density at radius 1 is 1.68 bits per heavy atom. The fourth-order valence-electron chi connectivity index (χ4n) is 1.85. The van der Waals surface area contributed by atoms with Gasteiger partial charge in [0.2, 0.25) is 0 Å². The van der Waals surface area contributed by atoms with Crippen LogP contribution in [0.2, 0.25) is 0 Å². The van der Waals surface area contributed by atoms with Crippen molar-refractivity contribution in [2.75, 3.05) is 18.9 Å². The number of rotatable bonds is 4. The lowest BCUT2D eigenvalue weighted by Gasteiger charge is -2.11. The minimum absolute atomic E-state index is 0.00293. The van der Waals surface area contributed by atoms with Crippen molar-refractivity contribution in [2.45, 2.75) is 18.9 Å². The Hall–Kier alpha value is -2.22. The number of pyridine rings is 1. The Morgan fingerprint density at radius 3 is 3.11 bits per heavy atom. The smallest absolute Gasteiger partial charge is 0.288 e. The van der Waals surface area contributed by atoms with Crippen LogP contribution in [0, 0.1) is 10.1 Å². The number of nitrogens with two attached hydrogens (primary N) is 1. The van der Waals surface area contributed by atoms with Crippen LogP contribution in [0.5, 0.6) is 0 Å². The molecule has 8 nitrogen and oxygen atoms in total. The lowest BCUT2D eigenvalue weighted by atomic mass is 10.2. The normalized spacial score (nSPS) is 18.2. The number of nitrogens with one attached hydrogen (secondary N) is 1. The summed E-state index contributed by atoms with van der Waals surface area (Å²) in [6, 6.07) is 1.12. The molecule has 1 fully saturated rings. The summed E-state index contributed by atoms with van der Waals surface area (Å²) in [7, 11) is 0. The van der Waals surface area contributed by atoms with Crippen molar-refractivity contribution in [1.29, 1.82) is 0 Å². The fraction of sp³-hybridized carbons (Fsp3) is 0.455. The molecule has 0 aromatic carbocycles. The fourth-order valence-corrected chi connectivity index (χ4v) is 1.85. The Labute approximate surface area is 109 Å². The molecule has 2 heterocycles. The van der Waals surface area contributed by atoms with Gasteiger partial charge in [-0.3, -0.25) is 14.9 Å². The van der Waals surface area contributed by atoms with Crippen LogP contribution >= 0.6 is 0 Å². The number of nitrogen functional groups attached to an aromatic ring is 1. The van der Waals surface area contributed by atoms with Crippen LogP contribution in [-0.4, -0.2) is 35.1 Å². The summed E-state index contributed by atoms with van der Waals surface area (Å²) in [5.41, 5.74) is 5.29. The molecule has 1 unspecified atom stereocenters. The van der Waals surface area contributed by atoms with Gasteiger partial charge in [-0.15, -0.1) is 0 Å². The third-order valence-corrected chi connectivity index (χ3v) is 2.87. The molecule has 0 spiro atoms. The zero-order chi connectivity index (χ0) is 13.8. The van der Waals surface area contributed by atoms with E-state index in [0.29, 0.717) is 13.2 Å². The molecule has 1 aliphatic rings. The van der Waals surface area contributed by atoms with Crippen LogP contribution in [0.3, 0.4) is 0 Å². The summed E-state index contributed by atoms with van der Waals surface area (Å²) < 4.78 is 5.36. The Kier molecular flexibility index (Phi) is 3.91. The summed E-state index contributed by atoms with van der Waals surface area (Å²) >= 11 is 0. The molecule has 1 aromatic rings. The number of hydrogen-bond acceptors (Lipinski definition) is 6. The SMILES string of the molecule is Nc1ncc([N+](=O)[O-])cc1C(=O)NCC1CCCO1. The van der Waals surface area contributed by atoms with Crippen LogP contribution < -0.4 is 11.1 Å². The number of carbonyl (C=O) groups is 1. The number of nitro groups is 1. The van der Waals surface area contributed by atoms with E-state index in [1.54, 1.807) is 0 Å². The number of ether oxygens (including phenoxy) is 1. The van der Waals surface area contributed by atoms with Crippen LogP contribution in [-0.2, 0) is 4.74 Å². The third-order valence-electron chi connectivity index (χ3n) is 2.87. The Morgan fingerprint density at radius 2 is 2.47 bits per heavy atom. The van der Waals surface area contributed by atoms with Gasteiger partial charge in [0.25, 0.3) is 11.6 Å². The van der Waals surface area contributed by atoms with E-state index in [-0.39, 0.29) is 23.2 Å². The van der Waals surface area contributed by atoms with Gasteiger partial charge in [0, 0.05) is 19.2 Å². The van der Waals surface area contributed by atoms with E-state index in [1.807, 2.05) is 0 Å². The average molecular weight is 266 g/mol. The van der Waals surface area contributed by atoms with Gasteiger partial charge in [-0.05, 0) is 12.8 Å².